The number of nitrogens with zero attached hydrogens (tertiary/aromatic N) is 2. The number of aryl methyl sites for hydroxylation is 1. The highest BCUT2D eigenvalue weighted by atomic mass is 16.5. The Labute approximate surface area is 128 Å². The molecule has 120 valence electrons. The molecule has 5 heteroatoms. The van der Waals surface area contributed by atoms with Gasteiger partial charge in [0, 0.05) is 64.1 Å². The molecule has 1 aliphatic rings. The summed E-state index contributed by atoms with van der Waals surface area (Å²) in [6.45, 7) is 7.59. The van der Waals surface area contributed by atoms with E-state index in [1.54, 1.807) is 0 Å². The van der Waals surface area contributed by atoms with Crippen molar-refractivity contribution < 1.29 is 9.47 Å². The lowest BCUT2D eigenvalue weighted by molar-refractivity contribution is -0.125. The Kier molecular flexibility index (Phi) is 6.21. The van der Waals surface area contributed by atoms with E-state index in [-0.39, 0.29) is 11.6 Å². The largest absolute Gasteiger partial charge is 0.381 e. The third-order valence-corrected chi connectivity index (χ3v) is 4.41. The Morgan fingerprint density at radius 2 is 2.19 bits per heavy atom. The number of ether oxygens (including phenoxy) is 2. The van der Waals surface area contributed by atoms with Crippen LogP contribution in [0.3, 0.4) is 0 Å². The Hall–Kier alpha value is -0.910. The summed E-state index contributed by atoms with van der Waals surface area (Å²) in [6.07, 6.45) is 7.88. The highest BCUT2D eigenvalue weighted by Gasteiger charge is 2.41. The first-order valence-electron chi connectivity index (χ1n) is 8.14. The van der Waals surface area contributed by atoms with Gasteiger partial charge in [-0.3, -0.25) is 0 Å². The summed E-state index contributed by atoms with van der Waals surface area (Å²) in [7, 11) is 2.02. The van der Waals surface area contributed by atoms with E-state index in [2.05, 4.69) is 34.9 Å². The summed E-state index contributed by atoms with van der Waals surface area (Å²) in [5.41, 5.74) is -0.134. The molecular formula is C16H29N3O2. The zero-order valence-corrected chi connectivity index (χ0v) is 13.6. The van der Waals surface area contributed by atoms with Gasteiger partial charge in [0.2, 0.25) is 0 Å². The normalized spacial score (nSPS) is 19.6. The van der Waals surface area contributed by atoms with Gasteiger partial charge in [-0.05, 0) is 20.4 Å². The third-order valence-electron chi connectivity index (χ3n) is 4.41. The molecule has 1 aromatic rings. The van der Waals surface area contributed by atoms with Crippen LogP contribution in [0.4, 0.5) is 0 Å². The number of rotatable bonds is 8. The first-order chi connectivity index (χ1) is 10.3. The van der Waals surface area contributed by atoms with Gasteiger partial charge in [0.25, 0.3) is 0 Å². The minimum absolute atomic E-state index is 0.134. The van der Waals surface area contributed by atoms with E-state index in [0.717, 1.165) is 57.9 Å². The molecule has 21 heavy (non-hydrogen) atoms. The summed E-state index contributed by atoms with van der Waals surface area (Å²) in [5.74, 6) is 1.14. The molecule has 1 fully saturated rings. The highest BCUT2D eigenvalue weighted by Crippen LogP contribution is 2.30. The van der Waals surface area contributed by atoms with Crippen molar-refractivity contribution in [3.63, 3.8) is 0 Å². The maximum Gasteiger partial charge on any atom is 0.110 e. The maximum absolute atomic E-state index is 6.19. The van der Waals surface area contributed by atoms with Crippen molar-refractivity contribution in [3.8, 4) is 0 Å². The van der Waals surface area contributed by atoms with Gasteiger partial charge in [-0.2, -0.15) is 0 Å². The topological polar surface area (TPSA) is 48.3 Å². The molecule has 5 nitrogen and oxygen atoms in total. The van der Waals surface area contributed by atoms with E-state index in [4.69, 9.17) is 9.47 Å². The molecule has 0 bridgehead atoms. The predicted octanol–water partition coefficient (Wildman–Crippen LogP) is 2.01. The average molecular weight is 295 g/mol. The number of hydrogen-bond donors (Lipinski definition) is 1. The zero-order valence-electron chi connectivity index (χ0n) is 13.6. The Morgan fingerprint density at radius 1 is 1.43 bits per heavy atom. The van der Waals surface area contributed by atoms with Crippen LogP contribution in [-0.2, 0) is 22.4 Å². The van der Waals surface area contributed by atoms with Crippen LogP contribution >= 0.6 is 0 Å². The molecule has 0 aliphatic carbocycles. The summed E-state index contributed by atoms with van der Waals surface area (Å²) in [4.78, 5) is 4.54. The van der Waals surface area contributed by atoms with Crippen LogP contribution in [0.5, 0.6) is 0 Å². The van der Waals surface area contributed by atoms with E-state index in [1.165, 1.54) is 0 Å². The minimum atomic E-state index is -0.134. The summed E-state index contributed by atoms with van der Waals surface area (Å²) < 4.78 is 14.0. The van der Waals surface area contributed by atoms with Gasteiger partial charge in [-0.25, -0.2) is 4.98 Å². The number of aromatic nitrogens is 2. The second-order valence-corrected chi connectivity index (χ2v) is 5.69. The molecule has 1 saturated heterocycles. The van der Waals surface area contributed by atoms with Gasteiger partial charge in [0.1, 0.15) is 5.82 Å². The van der Waals surface area contributed by atoms with E-state index in [0.29, 0.717) is 0 Å². The molecular weight excluding hydrogens is 266 g/mol. The minimum Gasteiger partial charge on any atom is -0.381 e. The van der Waals surface area contributed by atoms with Crippen molar-refractivity contribution in [2.24, 2.45) is 0 Å². The van der Waals surface area contributed by atoms with Crippen LogP contribution in [0.15, 0.2) is 12.4 Å². The average Bonchev–Trinajstić information content (AvgIpc) is 2.93. The first-order valence-corrected chi connectivity index (χ1v) is 8.14. The second-order valence-electron chi connectivity index (χ2n) is 5.69. The van der Waals surface area contributed by atoms with Gasteiger partial charge in [-0.1, -0.05) is 6.92 Å². The molecule has 1 unspecified atom stereocenters. The summed E-state index contributed by atoms with van der Waals surface area (Å²) in [6, 6.07) is 0.263. The number of nitrogens with one attached hydrogen (secondary N) is 1. The highest BCUT2D eigenvalue weighted by molar-refractivity contribution is 5.03. The van der Waals surface area contributed by atoms with Crippen molar-refractivity contribution in [2.75, 3.05) is 26.9 Å². The molecule has 1 atom stereocenters. The fourth-order valence-corrected chi connectivity index (χ4v) is 3.31. The van der Waals surface area contributed by atoms with E-state index < -0.39 is 0 Å². The molecule has 0 radical (unpaired) electrons. The monoisotopic (exact) mass is 295 g/mol. The van der Waals surface area contributed by atoms with Crippen molar-refractivity contribution in [2.45, 2.75) is 57.7 Å². The Morgan fingerprint density at radius 3 is 2.81 bits per heavy atom. The van der Waals surface area contributed by atoms with Crippen LogP contribution in [0, 0.1) is 0 Å². The molecule has 2 rings (SSSR count). The van der Waals surface area contributed by atoms with Gasteiger partial charge >= 0.3 is 0 Å². The predicted molar refractivity (Wildman–Crippen MR) is 83.5 cm³/mol. The third kappa shape index (κ3) is 3.84. The van der Waals surface area contributed by atoms with E-state index in [1.807, 2.05) is 13.2 Å². The van der Waals surface area contributed by atoms with Crippen molar-refractivity contribution in [1.82, 2.24) is 14.9 Å². The molecule has 0 saturated carbocycles. The smallest absolute Gasteiger partial charge is 0.110 e. The first kappa shape index (κ1) is 16.5. The molecule has 1 aromatic heterocycles. The van der Waals surface area contributed by atoms with Gasteiger partial charge in [0.15, 0.2) is 0 Å². The number of hydrogen-bond acceptors (Lipinski definition) is 4. The standard InChI is InChI=1S/C16H29N3O2/c1-4-9-19-10-8-18-15(19)13-14(17-3)16(21-5-2)6-11-20-12-7-16/h8,10,14,17H,4-7,9,11-13H2,1-3H3. The van der Waals surface area contributed by atoms with E-state index >= 15 is 0 Å². The van der Waals surface area contributed by atoms with Crippen LogP contribution < -0.4 is 5.32 Å². The van der Waals surface area contributed by atoms with Crippen LogP contribution in [0.1, 0.15) is 38.9 Å². The van der Waals surface area contributed by atoms with Crippen LogP contribution in [0.2, 0.25) is 0 Å². The van der Waals surface area contributed by atoms with Gasteiger partial charge in [0.05, 0.1) is 5.60 Å². The fraction of sp³-hybridized carbons (Fsp3) is 0.812. The molecule has 2 heterocycles. The van der Waals surface area contributed by atoms with Gasteiger partial charge in [-0.15, -0.1) is 0 Å². The maximum atomic E-state index is 6.19. The summed E-state index contributed by atoms with van der Waals surface area (Å²) >= 11 is 0. The Bertz CT molecular complexity index is 408. The Balaban J connectivity index is 2.14. The van der Waals surface area contributed by atoms with Crippen molar-refractivity contribution >= 4 is 0 Å². The molecule has 1 N–H and O–H groups in total. The van der Waals surface area contributed by atoms with Crippen LogP contribution in [-0.4, -0.2) is 48.1 Å². The molecule has 0 amide bonds. The zero-order chi connectivity index (χ0) is 15.1. The van der Waals surface area contributed by atoms with E-state index in [9.17, 15) is 0 Å². The van der Waals surface area contributed by atoms with Gasteiger partial charge < -0.3 is 19.4 Å². The summed E-state index contributed by atoms with van der Waals surface area (Å²) in [5, 5.41) is 3.47. The molecule has 0 aromatic carbocycles. The van der Waals surface area contributed by atoms with Crippen molar-refractivity contribution in [1.29, 1.82) is 0 Å². The van der Waals surface area contributed by atoms with Crippen LogP contribution in [0.25, 0.3) is 0 Å². The lowest BCUT2D eigenvalue weighted by atomic mass is 9.84. The lowest BCUT2D eigenvalue weighted by Crippen LogP contribution is -2.55. The number of likely N-dealkylation sites (N-methyl/N-ethyl adjacent to an activating group) is 1. The number of imidazole rings is 1. The lowest BCUT2D eigenvalue weighted by Gasteiger charge is -2.43. The second kappa shape index (κ2) is 7.92. The molecule has 0 spiro atoms. The quantitative estimate of drug-likeness (QED) is 0.797. The molecule has 1 aliphatic heterocycles. The SMILES string of the molecule is CCCn1ccnc1CC(NC)C1(OCC)CCOCC1. The van der Waals surface area contributed by atoms with Crippen molar-refractivity contribution in [3.05, 3.63) is 18.2 Å². The fourth-order valence-electron chi connectivity index (χ4n) is 3.31.